The smallest absolute Gasteiger partial charge is 0.269 e. The summed E-state index contributed by atoms with van der Waals surface area (Å²) in [6.45, 7) is 27.3. The molecule has 0 atom stereocenters. The average Bonchev–Trinajstić information content (AvgIpc) is 3.31. The van der Waals surface area contributed by atoms with E-state index in [9.17, 15) is 30.4 Å². The number of phenols is 2. The van der Waals surface area contributed by atoms with Gasteiger partial charge in [-0.3, -0.25) is 30.2 Å². The Hall–Kier alpha value is -7.34. The number of aliphatic imine (C=N–C) groups is 2. The molecule has 7 rings (SSSR count). The Balaban J connectivity index is 1.40. The molecule has 0 spiro atoms. The number of nitrogens with zero attached hydrogens (tertiary/aromatic N) is 4. The fourth-order valence-electron chi connectivity index (χ4n) is 9.12. The molecule has 0 saturated heterocycles. The van der Waals surface area contributed by atoms with Gasteiger partial charge in [-0.2, -0.15) is 0 Å². The Morgan fingerprint density at radius 1 is 0.446 bits per heavy atom. The Labute approximate surface area is 436 Å². The van der Waals surface area contributed by atoms with E-state index >= 15 is 0 Å². The van der Waals surface area contributed by atoms with E-state index in [2.05, 4.69) is 142 Å². The van der Waals surface area contributed by atoms with Crippen molar-refractivity contribution in [1.29, 1.82) is 0 Å². The third-order valence-corrected chi connectivity index (χ3v) is 13.6. The summed E-state index contributed by atoms with van der Waals surface area (Å²) in [6, 6.07) is 29.7. The maximum absolute atomic E-state index is 12.7. The number of ether oxygens (including phenoxy) is 2. The van der Waals surface area contributed by atoms with Gasteiger partial charge in [0.25, 0.3) is 11.4 Å². The summed E-state index contributed by atoms with van der Waals surface area (Å²) in [5, 5.41) is 47.8. The van der Waals surface area contributed by atoms with E-state index < -0.39 is 9.85 Å². The maximum Gasteiger partial charge on any atom is 0.269 e. The quantitative estimate of drug-likeness (QED) is 0.0527. The van der Waals surface area contributed by atoms with Crippen molar-refractivity contribution in [1.82, 2.24) is 0 Å². The van der Waals surface area contributed by atoms with Crippen LogP contribution in [0, 0.1) is 20.2 Å². The van der Waals surface area contributed by atoms with Crippen molar-refractivity contribution >= 4 is 23.8 Å². The number of nitro benzene ring substituents is 2. The zero-order valence-electron chi connectivity index (χ0n) is 45.2. The first kappa shape index (κ1) is 54.4. The molecule has 6 aromatic rings. The van der Waals surface area contributed by atoms with Crippen LogP contribution in [0.3, 0.4) is 0 Å². The summed E-state index contributed by atoms with van der Waals surface area (Å²) >= 11 is 0. The minimum Gasteiger partial charge on any atom is -0.507 e. The predicted octanol–water partition coefficient (Wildman–Crippen LogP) is 13.8. The molecular formula is C62H72N4O8. The van der Waals surface area contributed by atoms with E-state index in [1.807, 2.05) is 0 Å². The van der Waals surface area contributed by atoms with Crippen LogP contribution in [-0.2, 0) is 47.3 Å². The molecule has 74 heavy (non-hydrogen) atoms. The third-order valence-electron chi connectivity index (χ3n) is 13.6. The van der Waals surface area contributed by atoms with Crippen molar-refractivity contribution in [2.75, 3.05) is 26.3 Å². The topological polar surface area (TPSA) is 170 Å². The highest BCUT2D eigenvalue weighted by molar-refractivity contribution is 5.80. The molecule has 0 aliphatic heterocycles. The fourth-order valence-corrected chi connectivity index (χ4v) is 9.12. The molecule has 1 aliphatic carbocycles. The number of fused-ring (bicyclic) bond motifs is 8. The second-order valence-corrected chi connectivity index (χ2v) is 23.7. The zero-order valence-corrected chi connectivity index (χ0v) is 45.2. The predicted molar refractivity (Wildman–Crippen MR) is 297 cm³/mol. The molecule has 0 amide bonds. The Kier molecular flexibility index (Phi) is 15.9. The van der Waals surface area contributed by atoms with Crippen LogP contribution in [-0.4, -0.2) is 58.8 Å². The summed E-state index contributed by atoms with van der Waals surface area (Å²) in [6.07, 6.45) is 4.78. The summed E-state index contributed by atoms with van der Waals surface area (Å²) in [5.41, 5.74) is 11.4. The van der Waals surface area contributed by atoms with E-state index in [-0.39, 0.29) is 57.7 Å². The van der Waals surface area contributed by atoms with Crippen LogP contribution in [0.25, 0.3) is 0 Å². The molecule has 1 aliphatic rings. The molecule has 0 saturated carbocycles. The molecule has 0 radical (unpaired) electrons. The highest BCUT2D eigenvalue weighted by Gasteiger charge is 2.29. The second-order valence-electron chi connectivity index (χ2n) is 23.7. The van der Waals surface area contributed by atoms with Crippen molar-refractivity contribution in [2.24, 2.45) is 9.98 Å². The number of aromatic hydroxyl groups is 2. The highest BCUT2D eigenvalue weighted by Crippen LogP contribution is 2.44. The van der Waals surface area contributed by atoms with Gasteiger partial charge in [-0.05, 0) is 124 Å². The van der Waals surface area contributed by atoms with Gasteiger partial charge in [0.2, 0.25) is 0 Å². The molecule has 0 aromatic heterocycles. The first-order valence-corrected chi connectivity index (χ1v) is 25.4. The molecule has 0 fully saturated rings. The van der Waals surface area contributed by atoms with E-state index in [1.165, 1.54) is 24.3 Å². The maximum atomic E-state index is 12.7. The van der Waals surface area contributed by atoms with Crippen LogP contribution in [0.5, 0.6) is 23.0 Å². The zero-order chi connectivity index (χ0) is 53.9. The SMILES string of the molecule is CC(C)(C)c1cc2c(O)c(c1)Cc1cc(C(C)(C)C)cc(c1OCCN=Cc1ccc([N+](=O)[O-])cc1)Cc1cc(C(C)(C)C)cc(c1O)Cc1cc(C(C)(C)C)cc(c1OCCN=Cc1ccc([N+](=O)[O-])cc1)C2. The van der Waals surface area contributed by atoms with E-state index in [4.69, 9.17) is 9.47 Å². The van der Waals surface area contributed by atoms with Gasteiger partial charge in [0.05, 0.1) is 22.9 Å². The van der Waals surface area contributed by atoms with E-state index in [0.717, 1.165) is 77.9 Å². The summed E-state index contributed by atoms with van der Waals surface area (Å²) < 4.78 is 13.7. The third kappa shape index (κ3) is 13.2. The second kappa shape index (κ2) is 21.6. The van der Waals surface area contributed by atoms with Gasteiger partial charge in [-0.25, -0.2) is 0 Å². The van der Waals surface area contributed by atoms with Crippen molar-refractivity contribution in [3.63, 3.8) is 0 Å². The average molecular weight is 1000 g/mol. The first-order chi connectivity index (χ1) is 34.6. The van der Waals surface area contributed by atoms with E-state index in [1.54, 1.807) is 36.7 Å². The lowest BCUT2D eigenvalue weighted by Crippen LogP contribution is -2.17. The van der Waals surface area contributed by atoms with Crippen LogP contribution in [0.15, 0.2) is 107 Å². The van der Waals surface area contributed by atoms with Crippen LogP contribution in [0.1, 0.15) is 161 Å². The van der Waals surface area contributed by atoms with Gasteiger partial charge in [-0.1, -0.05) is 132 Å². The lowest BCUT2D eigenvalue weighted by molar-refractivity contribution is -0.385. The number of non-ortho nitro benzene ring substituents is 2. The van der Waals surface area contributed by atoms with Gasteiger partial charge < -0.3 is 19.7 Å². The molecule has 6 aromatic carbocycles. The van der Waals surface area contributed by atoms with Crippen LogP contribution >= 0.6 is 0 Å². The molecule has 0 unspecified atom stereocenters. The normalized spacial score (nSPS) is 13.4. The van der Waals surface area contributed by atoms with Crippen LogP contribution in [0.2, 0.25) is 0 Å². The van der Waals surface area contributed by atoms with Gasteiger partial charge >= 0.3 is 0 Å². The minimum absolute atomic E-state index is 0.0128. The lowest BCUT2D eigenvalue weighted by Gasteiger charge is -2.28. The molecular weight excluding hydrogens is 929 g/mol. The van der Waals surface area contributed by atoms with Gasteiger partial charge in [-0.15, -0.1) is 0 Å². The number of benzene rings is 6. The molecule has 8 bridgehead atoms. The minimum atomic E-state index is -0.426. The summed E-state index contributed by atoms with van der Waals surface area (Å²) in [5.74, 6) is 1.75. The molecule has 2 N–H and O–H groups in total. The van der Waals surface area contributed by atoms with Crippen molar-refractivity contribution in [3.8, 4) is 23.0 Å². The Bertz CT molecular complexity index is 2800. The number of hydrogen-bond donors (Lipinski definition) is 2. The summed E-state index contributed by atoms with van der Waals surface area (Å²) in [7, 11) is 0. The van der Waals surface area contributed by atoms with E-state index in [0.29, 0.717) is 50.3 Å². The van der Waals surface area contributed by atoms with Gasteiger partial charge in [0.1, 0.15) is 36.2 Å². The number of nitro groups is 2. The van der Waals surface area contributed by atoms with Crippen molar-refractivity contribution in [2.45, 2.75) is 130 Å². The van der Waals surface area contributed by atoms with Crippen molar-refractivity contribution in [3.05, 3.63) is 195 Å². The Morgan fingerprint density at radius 3 is 0.919 bits per heavy atom. The monoisotopic (exact) mass is 1000 g/mol. The Morgan fingerprint density at radius 2 is 0.689 bits per heavy atom. The van der Waals surface area contributed by atoms with Gasteiger partial charge in [0.15, 0.2) is 0 Å². The van der Waals surface area contributed by atoms with Gasteiger partial charge in [0, 0.05) is 62.4 Å². The van der Waals surface area contributed by atoms with Crippen molar-refractivity contribution < 1.29 is 29.5 Å². The lowest BCUT2D eigenvalue weighted by atomic mass is 9.79. The highest BCUT2D eigenvalue weighted by atomic mass is 16.6. The fraction of sp³-hybridized carbons (Fsp3) is 0.387. The molecule has 388 valence electrons. The van der Waals surface area contributed by atoms with Crippen LogP contribution in [0.4, 0.5) is 11.4 Å². The number of hydrogen-bond acceptors (Lipinski definition) is 10. The largest absolute Gasteiger partial charge is 0.507 e. The van der Waals surface area contributed by atoms with Crippen LogP contribution < -0.4 is 9.47 Å². The number of phenolic OH excluding ortho intramolecular Hbond substituents is 2. The first-order valence-electron chi connectivity index (χ1n) is 25.4. The molecule has 0 heterocycles. The number of rotatable bonds is 12. The molecule has 12 nitrogen and oxygen atoms in total. The standard InChI is InChI=1S/C62H72N4O8/c1-59(2,3)49-29-41-25-45-33-51(61(7,8)9)35-47(57(45)73-23-21-63-37-39-13-17-53(18-14-39)65(69)70)27-43-31-50(60(4,5)6)32-44(56(43)68)28-48-36-52(62(10,11)12)34-46(26-42(30-49)55(41)67)58(48)74-24-22-64-38-40-15-19-54(20-16-40)66(71)72/h13-20,29-38,67-68H,21-28H2,1-12H3. The summed E-state index contributed by atoms with van der Waals surface area (Å²) in [4.78, 5) is 30.9. The molecule has 12 heteroatoms.